The van der Waals surface area contributed by atoms with Gasteiger partial charge >= 0.3 is 6.18 Å². The van der Waals surface area contributed by atoms with Crippen molar-refractivity contribution in [3.63, 3.8) is 0 Å². The Balaban J connectivity index is 0.00000338. The monoisotopic (exact) mass is 412 g/mol. The molecular formula is C15H17Cl2F3N4O2. The lowest BCUT2D eigenvalue weighted by Crippen LogP contribution is -2.39. The molecule has 1 amide bonds. The topological polar surface area (TPSA) is 82.2 Å². The number of carbonyl (C=O) groups excluding carboxylic acids is 1. The average molecular weight is 413 g/mol. The lowest BCUT2D eigenvalue weighted by molar-refractivity contribution is -0.137. The number of anilines is 1. The number of halogens is 5. The van der Waals surface area contributed by atoms with Crippen LogP contribution in [0.25, 0.3) is 5.69 Å². The molecule has 1 heterocycles. The summed E-state index contributed by atoms with van der Waals surface area (Å²) >= 11 is 6.03. The molecule has 3 N–H and O–H groups in total. The number of amides is 1. The molecule has 0 aliphatic rings. The van der Waals surface area contributed by atoms with E-state index in [1.165, 1.54) is 13.2 Å². The van der Waals surface area contributed by atoms with E-state index in [1.54, 1.807) is 6.92 Å². The summed E-state index contributed by atoms with van der Waals surface area (Å²) in [5.74, 6) is -0.415. The third kappa shape index (κ3) is 5.10. The Morgan fingerprint density at radius 3 is 2.65 bits per heavy atom. The maximum Gasteiger partial charge on any atom is 0.416 e. The molecular weight excluding hydrogens is 396 g/mol. The number of aromatic nitrogens is 2. The third-order valence-corrected chi connectivity index (χ3v) is 3.59. The first-order chi connectivity index (χ1) is 11.6. The smallest absolute Gasteiger partial charge is 0.383 e. The molecule has 0 saturated heterocycles. The molecule has 2 aromatic rings. The zero-order chi connectivity index (χ0) is 18.8. The van der Waals surface area contributed by atoms with Crippen LogP contribution in [0.1, 0.15) is 11.3 Å². The highest BCUT2D eigenvalue weighted by Gasteiger charge is 2.31. The van der Waals surface area contributed by atoms with Gasteiger partial charge in [0.25, 0.3) is 0 Å². The third-order valence-electron chi connectivity index (χ3n) is 3.27. The Kier molecular flexibility index (Phi) is 7.45. The number of hydrogen-bond acceptors (Lipinski definition) is 4. The van der Waals surface area contributed by atoms with Crippen molar-refractivity contribution in [2.45, 2.75) is 19.1 Å². The molecule has 0 saturated carbocycles. The quantitative estimate of drug-likeness (QED) is 0.789. The van der Waals surface area contributed by atoms with Crippen LogP contribution in [0.3, 0.4) is 0 Å². The van der Waals surface area contributed by atoms with Gasteiger partial charge in [0.2, 0.25) is 5.91 Å². The molecule has 11 heteroatoms. The van der Waals surface area contributed by atoms with Gasteiger partial charge in [-0.05, 0) is 25.1 Å². The van der Waals surface area contributed by atoms with Gasteiger partial charge in [-0.3, -0.25) is 4.79 Å². The van der Waals surface area contributed by atoms with Crippen molar-refractivity contribution in [1.82, 2.24) is 9.78 Å². The minimum atomic E-state index is -4.54. The first-order valence-corrected chi connectivity index (χ1v) is 7.50. The second-order valence-corrected chi connectivity index (χ2v) is 5.70. The van der Waals surface area contributed by atoms with Crippen LogP contribution in [0, 0.1) is 6.92 Å². The van der Waals surface area contributed by atoms with E-state index in [-0.39, 0.29) is 35.5 Å². The number of aryl methyl sites for hydroxylation is 1. The highest BCUT2D eigenvalue weighted by Crippen LogP contribution is 2.34. The first kappa shape index (κ1) is 22.2. The van der Waals surface area contributed by atoms with Crippen LogP contribution in [0.2, 0.25) is 5.02 Å². The maximum absolute atomic E-state index is 12.9. The summed E-state index contributed by atoms with van der Waals surface area (Å²) < 4.78 is 44.8. The zero-order valence-corrected chi connectivity index (χ0v) is 15.4. The van der Waals surface area contributed by atoms with E-state index in [0.29, 0.717) is 5.69 Å². The van der Waals surface area contributed by atoms with Crippen LogP contribution < -0.4 is 11.1 Å². The van der Waals surface area contributed by atoms with Crippen LogP contribution in [-0.2, 0) is 15.7 Å². The van der Waals surface area contributed by atoms with Gasteiger partial charge in [0, 0.05) is 13.2 Å². The van der Waals surface area contributed by atoms with E-state index in [2.05, 4.69) is 10.4 Å². The number of ether oxygens (including phenoxy) is 1. The van der Waals surface area contributed by atoms with Gasteiger partial charge < -0.3 is 15.8 Å². The van der Waals surface area contributed by atoms with Gasteiger partial charge in [0.15, 0.2) is 0 Å². The fraction of sp³-hybridized carbons (Fsp3) is 0.333. The molecule has 0 aliphatic carbocycles. The summed E-state index contributed by atoms with van der Waals surface area (Å²) in [5, 5.41) is 6.67. The molecule has 0 radical (unpaired) electrons. The van der Waals surface area contributed by atoms with Crippen molar-refractivity contribution in [2.75, 3.05) is 19.0 Å². The van der Waals surface area contributed by atoms with E-state index < -0.39 is 23.7 Å². The number of alkyl halides is 3. The molecule has 1 atom stereocenters. The predicted molar refractivity (Wildman–Crippen MR) is 94.0 cm³/mol. The highest BCUT2D eigenvalue weighted by atomic mass is 35.5. The highest BCUT2D eigenvalue weighted by molar-refractivity contribution is 6.32. The Morgan fingerprint density at radius 2 is 2.08 bits per heavy atom. The van der Waals surface area contributed by atoms with E-state index in [4.69, 9.17) is 22.1 Å². The van der Waals surface area contributed by atoms with Crippen molar-refractivity contribution in [3.8, 4) is 5.69 Å². The molecule has 0 spiro atoms. The van der Waals surface area contributed by atoms with Crippen LogP contribution in [0.15, 0.2) is 24.3 Å². The maximum atomic E-state index is 12.9. The Labute approximate surface area is 158 Å². The molecule has 1 aromatic heterocycles. The number of carbonyl (C=O) groups is 1. The van der Waals surface area contributed by atoms with Crippen molar-refractivity contribution in [3.05, 3.63) is 40.5 Å². The Morgan fingerprint density at radius 1 is 1.42 bits per heavy atom. The number of nitrogens with zero attached hydrogens (tertiary/aromatic N) is 2. The van der Waals surface area contributed by atoms with Crippen molar-refractivity contribution in [1.29, 1.82) is 0 Å². The number of rotatable bonds is 5. The summed E-state index contributed by atoms with van der Waals surface area (Å²) in [6.07, 6.45) is -4.54. The summed E-state index contributed by atoms with van der Waals surface area (Å²) in [6.45, 7) is 1.62. The number of nitrogens with two attached hydrogens (primary N) is 1. The zero-order valence-electron chi connectivity index (χ0n) is 13.8. The van der Waals surface area contributed by atoms with Gasteiger partial charge in [-0.25, -0.2) is 4.68 Å². The normalized spacial score (nSPS) is 12.4. The van der Waals surface area contributed by atoms with Crippen molar-refractivity contribution >= 4 is 35.7 Å². The first-order valence-electron chi connectivity index (χ1n) is 7.12. The molecule has 26 heavy (non-hydrogen) atoms. The minimum absolute atomic E-state index is 0. The number of methoxy groups -OCH3 is 1. The average Bonchev–Trinajstić information content (AvgIpc) is 2.87. The summed E-state index contributed by atoms with van der Waals surface area (Å²) in [6, 6.07) is 3.41. The largest absolute Gasteiger partial charge is 0.416 e. The predicted octanol–water partition coefficient (Wildman–Crippen LogP) is 3.19. The molecule has 0 aliphatic heterocycles. The molecule has 6 nitrogen and oxygen atoms in total. The standard InChI is InChI=1S/C15H16ClF3N4O2.ClH/c1-8-5-13(21-14(24)11(20)7-25-2)23(22-8)12-6-9(15(17,18)19)3-4-10(12)16;/h3-6,11H,7,20H2,1-2H3,(H,21,24);1H. The lowest BCUT2D eigenvalue weighted by Gasteiger charge is -2.15. The van der Waals surface area contributed by atoms with Crippen LogP contribution in [0.5, 0.6) is 0 Å². The van der Waals surface area contributed by atoms with Crippen molar-refractivity contribution < 1.29 is 22.7 Å². The van der Waals surface area contributed by atoms with Gasteiger partial charge in [-0.15, -0.1) is 12.4 Å². The molecule has 0 bridgehead atoms. The molecule has 2 rings (SSSR count). The second kappa shape index (κ2) is 8.72. The van der Waals surface area contributed by atoms with E-state index >= 15 is 0 Å². The summed E-state index contributed by atoms with van der Waals surface area (Å²) in [4.78, 5) is 12.0. The summed E-state index contributed by atoms with van der Waals surface area (Å²) in [5.41, 5.74) is 5.22. The molecule has 1 aromatic carbocycles. The van der Waals surface area contributed by atoms with Gasteiger partial charge in [-0.2, -0.15) is 18.3 Å². The molecule has 144 valence electrons. The number of hydrogen-bond donors (Lipinski definition) is 2. The van der Waals surface area contributed by atoms with Crippen LogP contribution in [0.4, 0.5) is 19.0 Å². The van der Waals surface area contributed by atoms with Gasteiger partial charge in [0.1, 0.15) is 11.9 Å². The fourth-order valence-corrected chi connectivity index (χ4v) is 2.30. The fourth-order valence-electron chi connectivity index (χ4n) is 2.10. The number of benzene rings is 1. The summed E-state index contributed by atoms with van der Waals surface area (Å²) in [7, 11) is 1.39. The van der Waals surface area contributed by atoms with Gasteiger partial charge in [0.05, 0.1) is 28.6 Å². The van der Waals surface area contributed by atoms with E-state index in [1.807, 2.05) is 0 Å². The Bertz CT molecular complexity index is 781. The SMILES string of the molecule is COCC(N)C(=O)Nc1cc(C)nn1-c1cc(C(F)(F)F)ccc1Cl.Cl. The Hall–Kier alpha value is -1.81. The second-order valence-electron chi connectivity index (χ2n) is 5.30. The molecule has 0 fully saturated rings. The van der Waals surface area contributed by atoms with Crippen LogP contribution >= 0.6 is 24.0 Å². The van der Waals surface area contributed by atoms with E-state index in [0.717, 1.165) is 22.9 Å². The van der Waals surface area contributed by atoms with Crippen LogP contribution in [-0.4, -0.2) is 35.4 Å². The van der Waals surface area contributed by atoms with E-state index in [9.17, 15) is 18.0 Å². The van der Waals surface area contributed by atoms with Gasteiger partial charge in [-0.1, -0.05) is 11.6 Å². The minimum Gasteiger partial charge on any atom is -0.383 e. The van der Waals surface area contributed by atoms with Crippen molar-refractivity contribution in [2.24, 2.45) is 5.73 Å². The molecule has 1 unspecified atom stereocenters. The lowest BCUT2D eigenvalue weighted by atomic mass is 10.2. The number of nitrogens with one attached hydrogen (secondary N) is 1.